The summed E-state index contributed by atoms with van der Waals surface area (Å²) in [7, 11) is 0. The summed E-state index contributed by atoms with van der Waals surface area (Å²) >= 11 is 0. The van der Waals surface area contributed by atoms with E-state index in [0.717, 1.165) is 24.1 Å². The van der Waals surface area contributed by atoms with Gasteiger partial charge in [0.25, 0.3) is 0 Å². The van der Waals surface area contributed by atoms with Crippen molar-refractivity contribution in [2.75, 3.05) is 6.61 Å². The van der Waals surface area contributed by atoms with Gasteiger partial charge in [-0.15, -0.1) is 0 Å². The van der Waals surface area contributed by atoms with Crippen LogP contribution in [-0.2, 0) is 11.2 Å². The second kappa shape index (κ2) is 6.65. The third-order valence-electron chi connectivity index (χ3n) is 2.64. The summed E-state index contributed by atoms with van der Waals surface area (Å²) in [5, 5.41) is 8.67. The van der Waals surface area contributed by atoms with Crippen molar-refractivity contribution in [3.8, 4) is 17.3 Å². The van der Waals surface area contributed by atoms with Crippen molar-refractivity contribution in [2.45, 2.75) is 19.8 Å². The lowest BCUT2D eigenvalue weighted by Gasteiger charge is -2.08. The van der Waals surface area contributed by atoms with Crippen LogP contribution in [0.15, 0.2) is 36.4 Å². The molecular weight excluding hydrogens is 256 g/mol. The zero-order valence-electron chi connectivity index (χ0n) is 11.2. The number of nitrogens with zero attached hydrogens (tertiary/aromatic N) is 2. The van der Waals surface area contributed by atoms with Crippen LogP contribution < -0.4 is 4.74 Å². The van der Waals surface area contributed by atoms with Gasteiger partial charge in [0, 0.05) is 17.3 Å². The Kier molecular flexibility index (Phi) is 4.65. The van der Waals surface area contributed by atoms with Crippen LogP contribution in [-0.4, -0.2) is 27.7 Å². The molecular formula is C15H16N2O3. The molecule has 1 N–H and O–H groups in total. The summed E-state index contributed by atoms with van der Waals surface area (Å²) in [5.41, 5.74) is 1.73. The van der Waals surface area contributed by atoms with Crippen molar-refractivity contribution in [3.63, 3.8) is 0 Å². The molecule has 0 radical (unpaired) electrons. The number of aliphatic carboxylic acids is 1. The highest BCUT2D eigenvalue weighted by Gasteiger charge is 2.08. The van der Waals surface area contributed by atoms with E-state index in [0.29, 0.717) is 11.7 Å². The Morgan fingerprint density at radius 2 is 2.00 bits per heavy atom. The van der Waals surface area contributed by atoms with Gasteiger partial charge < -0.3 is 9.84 Å². The minimum Gasteiger partial charge on any atom is -0.479 e. The Balaban J connectivity index is 2.33. The average molecular weight is 272 g/mol. The summed E-state index contributed by atoms with van der Waals surface area (Å²) < 4.78 is 5.17. The topological polar surface area (TPSA) is 72.3 Å². The minimum absolute atomic E-state index is 0.296. The molecule has 0 aliphatic carbocycles. The first-order valence-corrected chi connectivity index (χ1v) is 6.47. The summed E-state index contributed by atoms with van der Waals surface area (Å²) in [4.78, 5) is 19.3. The maximum atomic E-state index is 10.6. The average Bonchev–Trinajstić information content (AvgIpc) is 2.46. The zero-order valence-corrected chi connectivity index (χ0v) is 11.2. The molecule has 5 nitrogen and oxygen atoms in total. The number of hydrogen-bond donors (Lipinski definition) is 1. The number of carbonyl (C=O) groups is 1. The lowest BCUT2D eigenvalue weighted by atomic mass is 10.2. The Labute approximate surface area is 117 Å². The molecule has 0 unspecified atom stereocenters. The van der Waals surface area contributed by atoms with Crippen LogP contribution in [0.2, 0.25) is 0 Å². The van der Waals surface area contributed by atoms with Gasteiger partial charge in [0.1, 0.15) is 0 Å². The number of rotatable bonds is 6. The van der Waals surface area contributed by atoms with Crippen molar-refractivity contribution in [3.05, 3.63) is 42.1 Å². The van der Waals surface area contributed by atoms with E-state index >= 15 is 0 Å². The second-order valence-electron chi connectivity index (χ2n) is 4.32. The molecule has 0 fully saturated rings. The largest absolute Gasteiger partial charge is 0.479 e. The molecule has 0 saturated carbocycles. The fourth-order valence-electron chi connectivity index (χ4n) is 1.78. The standard InChI is InChI=1S/C15H16N2O3/c1-2-6-12-9-13(20-10-14(18)19)17-15(16-12)11-7-4-3-5-8-11/h3-5,7-9H,2,6,10H2,1H3,(H,18,19). The van der Waals surface area contributed by atoms with Gasteiger partial charge in [-0.1, -0.05) is 43.7 Å². The van der Waals surface area contributed by atoms with E-state index in [4.69, 9.17) is 9.84 Å². The first-order valence-electron chi connectivity index (χ1n) is 6.47. The minimum atomic E-state index is -1.03. The SMILES string of the molecule is CCCc1cc(OCC(=O)O)nc(-c2ccccc2)n1. The third kappa shape index (κ3) is 3.78. The summed E-state index contributed by atoms with van der Waals surface area (Å²) in [6.45, 7) is 1.65. The van der Waals surface area contributed by atoms with Gasteiger partial charge in [-0.2, -0.15) is 4.98 Å². The molecule has 0 bridgehead atoms. The molecule has 0 aliphatic rings. The first-order chi connectivity index (χ1) is 9.69. The van der Waals surface area contributed by atoms with Gasteiger partial charge in [-0.3, -0.25) is 0 Å². The summed E-state index contributed by atoms with van der Waals surface area (Å²) in [6, 6.07) is 11.2. The third-order valence-corrected chi connectivity index (χ3v) is 2.64. The molecule has 0 spiro atoms. The lowest BCUT2D eigenvalue weighted by Crippen LogP contribution is -2.11. The molecule has 0 aliphatic heterocycles. The molecule has 0 saturated heterocycles. The number of carboxylic acids is 1. The van der Waals surface area contributed by atoms with Crippen LogP contribution in [0.5, 0.6) is 5.88 Å². The molecule has 1 aromatic heterocycles. The molecule has 0 atom stereocenters. The molecule has 2 rings (SSSR count). The van der Waals surface area contributed by atoms with Crippen LogP contribution in [0.3, 0.4) is 0 Å². The number of benzene rings is 1. The molecule has 1 heterocycles. The monoisotopic (exact) mass is 272 g/mol. The van der Waals surface area contributed by atoms with Gasteiger partial charge in [-0.05, 0) is 6.42 Å². The van der Waals surface area contributed by atoms with E-state index in [1.165, 1.54) is 0 Å². The smallest absolute Gasteiger partial charge is 0.341 e. The molecule has 20 heavy (non-hydrogen) atoms. The van der Waals surface area contributed by atoms with E-state index < -0.39 is 12.6 Å². The number of ether oxygens (including phenoxy) is 1. The second-order valence-corrected chi connectivity index (χ2v) is 4.32. The van der Waals surface area contributed by atoms with E-state index in [1.807, 2.05) is 30.3 Å². The molecule has 0 amide bonds. The van der Waals surface area contributed by atoms with E-state index in [9.17, 15) is 4.79 Å². The van der Waals surface area contributed by atoms with Crippen molar-refractivity contribution in [1.82, 2.24) is 9.97 Å². The first kappa shape index (κ1) is 14.0. The van der Waals surface area contributed by atoms with Gasteiger partial charge in [-0.25, -0.2) is 9.78 Å². The summed E-state index contributed by atoms with van der Waals surface area (Å²) in [5.74, 6) is -0.177. The molecule has 5 heteroatoms. The Morgan fingerprint density at radius 3 is 2.65 bits per heavy atom. The number of aromatic nitrogens is 2. The predicted molar refractivity (Wildman–Crippen MR) is 74.6 cm³/mol. The fourth-order valence-corrected chi connectivity index (χ4v) is 1.78. The highest BCUT2D eigenvalue weighted by atomic mass is 16.5. The number of hydrogen-bond acceptors (Lipinski definition) is 4. The molecule has 2 aromatic rings. The van der Waals surface area contributed by atoms with Crippen molar-refractivity contribution >= 4 is 5.97 Å². The van der Waals surface area contributed by atoms with E-state index in [2.05, 4.69) is 16.9 Å². The van der Waals surface area contributed by atoms with Crippen molar-refractivity contribution < 1.29 is 14.6 Å². The fraction of sp³-hybridized carbons (Fsp3) is 0.267. The Morgan fingerprint density at radius 1 is 1.25 bits per heavy atom. The van der Waals surface area contributed by atoms with Crippen LogP contribution in [0, 0.1) is 0 Å². The van der Waals surface area contributed by atoms with Gasteiger partial charge in [0.05, 0.1) is 0 Å². The Hall–Kier alpha value is -2.43. The maximum absolute atomic E-state index is 10.6. The van der Waals surface area contributed by atoms with E-state index in [-0.39, 0.29) is 0 Å². The zero-order chi connectivity index (χ0) is 14.4. The van der Waals surface area contributed by atoms with Gasteiger partial charge in [0.2, 0.25) is 5.88 Å². The van der Waals surface area contributed by atoms with E-state index in [1.54, 1.807) is 6.07 Å². The predicted octanol–water partition coefficient (Wildman–Crippen LogP) is 2.56. The van der Waals surface area contributed by atoms with Crippen LogP contribution in [0.4, 0.5) is 0 Å². The molecule has 104 valence electrons. The van der Waals surface area contributed by atoms with Crippen LogP contribution in [0.25, 0.3) is 11.4 Å². The Bertz CT molecular complexity index is 585. The normalized spacial score (nSPS) is 10.2. The number of aryl methyl sites for hydroxylation is 1. The van der Waals surface area contributed by atoms with Gasteiger partial charge in [0.15, 0.2) is 12.4 Å². The molecule has 1 aromatic carbocycles. The van der Waals surface area contributed by atoms with Crippen molar-refractivity contribution in [2.24, 2.45) is 0 Å². The number of carboxylic acid groups (broad SMARTS) is 1. The maximum Gasteiger partial charge on any atom is 0.341 e. The van der Waals surface area contributed by atoms with Crippen molar-refractivity contribution in [1.29, 1.82) is 0 Å². The van der Waals surface area contributed by atoms with Gasteiger partial charge >= 0.3 is 5.97 Å². The highest BCUT2D eigenvalue weighted by Crippen LogP contribution is 2.19. The lowest BCUT2D eigenvalue weighted by molar-refractivity contribution is -0.139. The summed E-state index contributed by atoms with van der Waals surface area (Å²) in [6.07, 6.45) is 1.75. The van der Waals surface area contributed by atoms with Crippen LogP contribution in [0.1, 0.15) is 19.0 Å². The quantitative estimate of drug-likeness (QED) is 0.875. The van der Waals surface area contributed by atoms with Crippen LogP contribution >= 0.6 is 0 Å². The highest BCUT2D eigenvalue weighted by molar-refractivity contribution is 5.68.